The predicted octanol–water partition coefficient (Wildman–Crippen LogP) is 9.43. The minimum absolute atomic E-state index is 0.116. The van der Waals surface area contributed by atoms with E-state index in [4.69, 9.17) is 9.47 Å². The van der Waals surface area contributed by atoms with E-state index in [1.165, 1.54) is 128 Å². The van der Waals surface area contributed by atoms with Crippen LogP contribution in [0.2, 0.25) is 0 Å². The molecule has 0 radical (unpaired) electrons. The predicted molar refractivity (Wildman–Crippen MR) is 179 cm³/mol. The van der Waals surface area contributed by atoms with E-state index in [1.807, 2.05) is 0 Å². The van der Waals surface area contributed by atoms with Crippen molar-refractivity contribution in [2.24, 2.45) is 0 Å². The molecule has 0 aromatic rings. The summed E-state index contributed by atoms with van der Waals surface area (Å²) in [5, 5.41) is 6.51. The standard InChI is InChI=1S/C36H72N2O4/c1-3-5-7-9-11-13-15-17-19-21-23-25-33-41-35(39)27-29-37-31-32-38-30-28-36(40)42-34-26-24-22-20-18-16-14-12-10-8-6-4-2/h37-38H,3-34H2,1-2H3. The van der Waals surface area contributed by atoms with E-state index in [9.17, 15) is 9.59 Å². The molecular weight excluding hydrogens is 524 g/mol. The van der Waals surface area contributed by atoms with E-state index in [0.29, 0.717) is 39.1 Å². The van der Waals surface area contributed by atoms with Gasteiger partial charge in [0.05, 0.1) is 26.1 Å². The highest BCUT2D eigenvalue weighted by molar-refractivity contribution is 5.69. The molecule has 6 heteroatoms. The number of hydrogen-bond donors (Lipinski definition) is 2. The summed E-state index contributed by atoms with van der Waals surface area (Å²) in [6.45, 7) is 8.41. The Kier molecular flexibility index (Phi) is 35.1. The average molecular weight is 597 g/mol. The van der Waals surface area contributed by atoms with Gasteiger partial charge in [-0.2, -0.15) is 0 Å². The maximum absolute atomic E-state index is 11.9. The van der Waals surface area contributed by atoms with Crippen LogP contribution < -0.4 is 10.6 Å². The number of hydrogen-bond acceptors (Lipinski definition) is 6. The molecule has 0 rings (SSSR count). The van der Waals surface area contributed by atoms with Gasteiger partial charge in [-0.25, -0.2) is 0 Å². The Morgan fingerprint density at radius 1 is 0.381 bits per heavy atom. The van der Waals surface area contributed by atoms with Gasteiger partial charge >= 0.3 is 11.9 Å². The van der Waals surface area contributed by atoms with Crippen LogP contribution in [0.3, 0.4) is 0 Å². The summed E-state index contributed by atoms with van der Waals surface area (Å²) in [6.07, 6.45) is 32.2. The molecule has 0 heterocycles. The lowest BCUT2D eigenvalue weighted by Crippen LogP contribution is -2.30. The van der Waals surface area contributed by atoms with Gasteiger partial charge in [0.25, 0.3) is 0 Å². The normalized spacial score (nSPS) is 11.2. The SMILES string of the molecule is CCCCCCCCCCCCCCOC(=O)CCNCCNCCC(=O)OCCCCCCCCCCCCCC. The molecule has 0 spiro atoms. The monoisotopic (exact) mass is 597 g/mol. The minimum atomic E-state index is -0.116. The molecule has 0 fully saturated rings. The van der Waals surface area contributed by atoms with Crippen molar-refractivity contribution in [2.75, 3.05) is 39.4 Å². The number of carbonyl (C=O) groups is 2. The van der Waals surface area contributed by atoms with Crippen LogP contribution in [0.15, 0.2) is 0 Å². The van der Waals surface area contributed by atoms with Crippen LogP contribution in [0.4, 0.5) is 0 Å². The average Bonchev–Trinajstić information content (AvgIpc) is 2.99. The Bertz CT molecular complexity index is 511. The molecule has 0 saturated carbocycles. The maximum Gasteiger partial charge on any atom is 0.307 e. The quantitative estimate of drug-likeness (QED) is 0.0560. The second kappa shape index (κ2) is 36.1. The zero-order valence-electron chi connectivity index (χ0n) is 28.3. The van der Waals surface area contributed by atoms with Gasteiger partial charge in [0.2, 0.25) is 0 Å². The molecular formula is C36H72N2O4. The van der Waals surface area contributed by atoms with Gasteiger partial charge in [-0.3, -0.25) is 9.59 Å². The smallest absolute Gasteiger partial charge is 0.307 e. The molecule has 0 saturated heterocycles. The summed E-state index contributed by atoms with van der Waals surface area (Å²) in [4.78, 5) is 23.7. The van der Waals surface area contributed by atoms with Crippen molar-refractivity contribution in [1.82, 2.24) is 10.6 Å². The van der Waals surface area contributed by atoms with Crippen LogP contribution in [0.25, 0.3) is 0 Å². The Hall–Kier alpha value is -1.14. The molecule has 0 amide bonds. The van der Waals surface area contributed by atoms with Crippen molar-refractivity contribution in [1.29, 1.82) is 0 Å². The van der Waals surface area contributed by atoms with Gasteiger partial charge in [0, 0.05) is 26.2 Å². The third-order valence-corrected chi connectivity index (χ3v) is 8.01. The first-order chi connectivity index (χ1) is 20.7. The van der Waals surface area contributed by atoms with E-state index in [-0.39, 0.29) is 11.9 Å². The number of unbranched alkanes of at least 4 members (excludes halogenated alkanes) is 22. The second-order valence-electron chi connectivity index (χ2n) is 12.2. The summed E-state index contributed by atoms with van der Waals surface area (Å²) < 4.78 is 10.7. The summed E-state index contributed by atoms with van der Waals surface area (Å²) in [6, 6.07) is 0. The van der Waals surface area contributed by atoms with Gasteiger partial charge in [0.15, 0.2) is 0 Å². The maximum atomic E-state index is 11.9. The second-order valence-corrected chi connectivity index (χ2v) is 12.2. The van der Waals surface area contributed by atoms with Crippen LogP contribution in [0, 0.1) is 0 Å². The number of rotatable bonds is 35. The molecule has 0 aliphatic carbocycles. The fraction of sp³-hybridized carbons (Fsp3) is 0.944. The van der Waals surface area contributed by atoms with Gasteiger partial charge in [-0.05, 0) is 12.8 Å². The highest BCUT2D eigenvalue weighted by Gasteiger charge is 2.04. The first-order valence-electron chi connectivity index (χ1n) is 18.4. The molecule has 0 unspecified atom stereocenters. The minimum Gasteiger partial charge on any atom is -0.466 e. The highest BCUT2D eigenvalue weighted by atomic mass is 16.5. The zero-order chi connectivity index (χ0) is 30.6. The van der Waals surface area contributed by atoms with E-state index >= 15 is 0 Å². The molecule has 42 heavy (non-hydrogen) atoms. The van der Waals surface area contributed by atoms with E-state index in [2.05, 4.69) is 24.5 Å². The van der Waals surface area contributed by atoms with Gasteiger partial charge < -0.3 is 20.1 Å². The van der Waals surface area contributed by atoms with Crippen molar-refractivity contribution in [2.45, 2.75) is 181 Å². The van der Waals surface area contributed by atoms with Gasteiger partial charge in [-0.1, -0.05) is 155 Å². The zero-order valence-corrected chi connectivity index (χ0v) is 28.3. The highest BCUT2D eigenvalue weighted by Crippen LogP contribution is 2.13. The van der Waals surface area contributed by atoms with E-state index in [0.717, 1.165) is 38.8 Å². The van der Waals surface area contributed by atoms with E-state index < -0.39 is 0 Å². The third-order valence-electron chi connectivity index (χ3n) is 8.01. The van der Waals surface area contributed by atoms with Crippen LogP contribution >= 0.6 is 0 Å². The fourth-order valence-electron chi connectivity index (χ4n) is 5.21. The summed E-state index contributed by atoms with van der Waals surface area (Å²) in [7, 11) is 0. The molecule has 0 aliphatic heterocycles. The van der Waals surface area contributed by atoms with Crippen LogP contribution in [-0.2, 0) is 19.1 Å². The van der Waals surface area contributed by atoms with Crippen molar-refractivity contribution in [3.8, 4) is 0 Å². The van der Waals surface area contributed by atoms with E-state index in [1.54, 1.807) is 0 Å². The molecule has 0 aromatic heterocycles. The molecule has 0 atom stereocenters. The number of esters is 2. The lowest BCUT2D eigenvalue weighted by molar-refractivity contribution is -0.144. The number of ether oxygens (including phenoxy) is 2. The van der Waals surface area contributed by atoms with Crippen molar-refractivity contribution in [3.63, 3.8) is 0 Å². The van der Waals surface area contributed by atoms with Gasteiger partial charge in [-0.15, -0.1) is 0 Å². The first kappa shape index (κ1) is 40.9. The topological polar surface area (TPSA) is 76.7 Å². The molecule has 6 nitrogen and oxygen atoms in total. The van der Waals surface area contributed by atoms with Gasteiger partial charge in [0.1, 0.15) is 0 Å². The lowest BCUT2D eigenvalue weighted by Gasteiger charge is -2.08. The van der Waals surface area contributed by atoms with Crippen molar-refractivity contribution >= 4 is 11.9 Å². The summed E-state index contributed by atoms with van der Waals surface area (Å²) in [5.74, 6) is -0.233. The van der Waals surface area contributed by atoms with Crippen molar-refractivity contribution in [3.05, 3.63) is 0 Å². The first-order valence-corrected chi connectivity index (χ1v) is 18.4. The number of nitrogens with one attached hydrogen (secondary N) is 2. The van der Waals surface area contributed by atoms with Crippen molar-refractivity contribution < 1.29 is 19.1 Å². The Morgan fingerprint density at radius 2 is 0.643 bits per heavy atom. The Balaban J connectivity index is 3.24. The Morgan fingerprint density at radius 3 is 0.929 bits per heavy atom. The largest absolute Gasteiger partial charge is 0.466 e. The summed E-state index contributed by atoms with van der Waals surface area (Å²) in [5.41, 5.74) is 0. The van der Waals surface area contributed by atoms with Crippen LogP contribution in [0.1, 0.15) is 181 Å². The fourth-order valence-corrected chi connectivity index (χ4v) is 5.21. The number of carbonyl (C=O) groups excluding carboxylic acids is 2. The third kappa shape index (κ3) is 35.1. The molecule has 0 aromatic carbocycles. The van der Waals surface area contributed by atoms with Crippen LogP contribution in [-0.4, -0.2) is 51.3 Å². The molecule has 250 valence electrons. The summed E-state index contributed by atoms with van der Waals surface area (Å²) >= 11 is 0. The molecule has 0 aliphatic rings. The lowest BCUT2D eigenvalue weighted by atomic mass is 10.1. The molecule has 2 N–H and O–H groups in total. The van der Waals surface area contributed by atoms with Crippen LogP contribution in [0.5, 0.6) is 0 Å². The molecule has 0 bridgehead atoms. The Labute approximate surface area is 261 Å².